The number of benzene rings is 2. The number of nitrogens with zero attached hydrogens (tertiary/aromatic N) is 1. The lowest BCUT2D eigenvalue weighted by Gasteiger charge is -2.40. The number of hydrogen-bond acceptors (Lipinski definition) is 7. The van der Waals surface area contributed by atoms with Gasteiger partial charge in [0.2, 0.25) is 12.5 Å². The number of hydrogen-bond donors (Lipinski definition) is 0. The van der Waals surface area contributed by atoms with Crippen molar-refractivity contribution in [2.24, 2.45) is 0 Å². The Labute approximate surface area is 176 Å². The summed E-state index contributed by atoms with van der Waals surface area (Å²) in [5.41, 5.74) is 3.66. The molecule has 4 rings (SSSR count). The van der Waals surface area contributed by atoms with E-state index in [-0.39, 0.29) is 18.8 Å². The highest BCUT2D eigenvalue weighted by Gasteiger charge is 2.38. The van der Waals surface area contributed by atoms with Crippen molar-refractivity contribution in [3.8, 4) is 28.7 Å². The van der Waals surface area contributed by atoms with Gasteiger partial charge >= 0.3 is 0 Å². The van der Waals surface area contributed by atoms with Crippen LogP contribution in [0.4, 0.5) is 0 Å². The molecule has 0 aromatic heterocycles. The maximum Gasteiger partial charge on any atom is 0.231 e. The Morgan fingerprint density at radius 2 is 1.90 bits per heavy atom. The van der Waals surface area contributed by atoms with Gasteiger partial charge in [-0.3, -0.25) is 9.69 Å². The van der Waals surface area contributed by atoms with Crippen LogP contribution in [0.3, 0.4) is 0 Å². The second-order valence-corrected chi connectivity index (χ2v) is 7.60. The molecule has 0 spiro atoms. The van der Waals surface area contributed by atoms with Gasteiger partial charge in [0.25, 0.3) is 0 Å². The van der Waals surface area contributed by atoms with Gasteiger partial charge < -0.3 is 23.7 Å². The molecule has 30 heavy (non-hydrogen) atoms. The van der Waals surface area contributed by atoms with Gasteiger partial charge in [0.15, 0.2) is 29.3 Å². The number of carbonyl (C=O) groups excluding carboxylic acids is 1. The molecule has 2 unspecified atom stereocenters. The summed E-state index contributed by atoms with van der Waals surface area (Å²) in [5.74, 6) is 3.04. The van der Waals surface area contributed by atoms with Crippen LogP contribution in [0.1, 0.15) is 45.9 Å². The fraction of sp³-hybridized carbons (Fsp3) is 0.435. The van der Waals surface area contributed by atoms with Gasteiger partial charge in [-0.25, -0.2) is 0 Å². The number of rotatable bonds is 6. The molecule has 2 aromatic carbocycles. The van der Waals surface area contributed by atoms with Gasteiger partial charge in [-0.2, -0.15) is 0 Å². The molecule has 0 saturated carbocycles. The number of aldehydes is 1. The SMILES string of the molecule is COc1ccc(C(C)C2c3c(cc4c(c3OC)OCO4)CCN2C)c(C=O)c1OC. The van der Waals surface area contributed by atoms with Crippen LogP contribution in [0.5, 0.6) is 28.7 Å². The maximum atomic E-state index is 12.1. The third-order valence-electron chi connectivity index (χ3n) is 6.15. The summed E-state index contributed by atoms with van der Waals surface area (Å²) in [6.07, 6.45) is 1.72. The molecule has 7 nitrogen and oxygen atoms in total. The highest BCUT2D eigenvalue weighted by atomic mass is 16.7. The molecule has 2 aliphatic heterocycles. The lowest BCUT2D eigenvalue weighted by atomic mass is 9.80. The molecule has 0 N–H and O–H groups in total. The normalized spacial score (nSPS) is 18.5. The molecule has 2 atom stereocenters. The van der Waals surface area contributed by atoms with Gasteiger partial charge in [-0.15, -0.1) is 0 Å². The minimum absolute atomic E-state index is 0.0185. The standard InChI is InChI=1S/C23H27NO6/c1-13(15-6-7-17(26-3)21(27-4)16(15)11-25)20-19-14(8-9-24(20)2)10-18-22(23(19)28-5)30-12-29-18/h6-7,10-11,13,20H,8-9,12H2,1-5H3. The minimum Gasteiger partial charge on any atom is -0.493 e. The maximum absolute atomic E-state index is 12.1. The van der Waals surface area contributed by atoms with E-state index in [0.717, 1.165) is 36.1 Å². The third-order valence-corrected chi connectivity index (χ3v) is 6.15. The zero-order chi connectivity index (χ0) is 21.4. The topological polar surface area (TPSA) is 66.5 Å². The summed E-state index contributed by atoms with van der Waals surface area (Å²) in [6.45, 7) is 3.19. The highest BCUT2D eigenvalue weighted by Crippen LogP contribution is 2.53. The Morgan fingerprint density at radius 3 is 2.57 bits per heavy atom. The quantitative estimate of drug-likeness (QED) is 0.671. The molecular weight excluding hydrogens is 386 g/mol. The number of likely N-dealkylation sites (N-methyl/N-ethyl adjacent to an activating group) is 1. The fourth-order valence-corrected chi connectivity index (χ4v) is 4.75. The molecule has 0 aliphatic carbocycles. The van der Waals surface area contributed by atoms with Crippen molar-refractivity contribution >= 4 is 6.29 Å². The van der Waals surface area contributed by atoms with E-state index in [1.54, 1.807) is 21.3 Å². The van der Waals surface area contributed by atoms with E-state index in [4.69, 9.17) is 23.7 Å². The van der Waals surface area contributed by atoms with Crippen molar-refractivity contribution in [3.05, 3.63) is 40.5 Å². The summed E-state index contributed by atoms with van der Waals surface area (Å²) < 4.78 is 28.0. The molecule has 0 radical (unpaired) electrons. The Kier molecular flexibility index (Phi) is 5.47. The first kappa shape index (κ1) is 20.3. The van der Waals surface area contributed by atoms with Crippen molar-refractivity contribution in [3.63, 3.8) is 0 Å². The molecule has 0 bridgehead atoms. The number of fused-ring (bicyclic) bond motifs is 2. The molecule has 0 fully saturated rings. The van der Waals surface area contributed by atoms with Crippen LogP contribution >= 0.6 is 0 Å². The van der Waals surface area contributed by atoms with Gasteiger partial charge in [0.05, 0.1) is 26.9 Å². The predicted molar refractivity (Wildman–Crippen MR) is 112 cm³/mol. The molecule has 2 heterocycles. The van der Waals surface area contributed by atoms with E-state index in [1.165, 1.54) is 5.56 Å². The fourth-order valence-electron chi connectivity index (χ4n) is 4.75. The first-order chi connectivity index (χ1) is 14.5. The van der Waals surface area contributed by atoms with Crippen LogP contribution in [-0.2, 0) is 6.42 Å². The van der Waals surface area contributed by atoms with Crippen molar-refractivity contribution in [2.45, 2.75) is 25.3 Å². The average molecular weight is 413 g/mol. The summed E-state index contributed by atoms with van der Waals surface area (Å²) in [7, 11) is 6.86. The summed E-state index contributed by atoms with van der Waals surface area (Å²) in [6, 6.07) is 5.83. The van der Waals surface area contributed by atoms with Gasteiger partial charge in [-0.05, 0) is 36.7 Å². The van der Waals surface area contributed by atoms with E-state index >= 15 is 0 Å². The van der Waals surface area contributed by atoms with E-state index in [2.05, 4.69) is 24.9 Å². The largest absolute Gasteiger partial charge is 0.493 e. The Morgan fingerprint density at radius 1 is 1.13 bits per heavy atom. The number of carbonyl (C=O) groups is 1. The smallest absolute Gasteiger partial charge is 0.231 e. The van der Waals surface area contributed by atoms with Crippen LogP contribution < -0.4 is 23.7 Å². The van der Waals surface area contributed by atoms with E-state index in [1.807, 2.05) is 12.1 Å². The molecular formula is C23H27NO6. The average Bonchev–Trinajstić information content (AvgIpc) is 3.24. The molecule has 0 saturated heterocycles. The van der Waals surface area contributed by atoms with Crippen LogP contribution in [0.25, 0.3) is 0 Å². The molecule has 2 aliphatic rings. The highest BCUT2D eigenvalue weighted by molar-refractivity contribution is 5.84. The number of methoxy groups -OCH3 is 3. The lowest BCUT2D eigenvalue weighted by molar-refractivity contribution is 0.111. The van der Waals surface area contributed by atoms with E-state index < -0.39 is 0 Å². The monoisotopic (exact) mass is 413 g/mol. The van der Waals surface area contributed by atoms with Crippen molar-refractivity contribution in [2.75, 3.05) is 41.7 Å². The second-order valence-electron chi connectivity index (χ2n) is 7.60. The molecule has 0 amide bonds. The number of ether oxygens (including phenoxy) is 5. The van der Waals surface area contributed by atoms with Crippen LogP contribution in [-0.4, -0.2) is 52.9 Å². The summed E-state index contributed by atoms with van der Waals surface area (Å²) in [4.78, 5) is 14.4. The van der Waals surface area contributed by atoms with Crippen molar-refractivity contribution < 1.29 is 28.5 Å². The van der Waals surface area contributed by atoms with E-state index in [9.17, 15) is 4.79 Å². The predicted octanol–water partition coefficient (Wildman–Crippen LogP) is 3.59. The molecule has 7 heteroatoms. The first-order valence-corrected chi connectivity index (χ1v) is 9.95. The lowest BCUT2D eigenvalue weighted by Crippen LogP contribution is -2.35. The van der Waals surface area contributed by atoms with Gasteiger partial charge in [-0.1, -0.05) is 13.0 Å². The first-order valence-electron chi connectivity index (χ1n) is 9.95. The van der Waals surface area contributed by atoms with E-state index in [0.29, 0.717) is 28.6 Å². The van der Waals surface area contributed by atoms with Crippen LogP contribution in [0, 0.1) is 0 Å². The summed E-state index contributed by atoms with van der Waals surface area (Å²) in [5, 5.41) is 0. The Balaban J connectivity index is 1.88. The van der Waals surface area contributed by atoms with Crippen molar-refractivity contribution in [1.82, 2.24) is 4.90 Å². The van der Waals surface area contributed by atoms with Gasteiger partial charge in [0, 0.05) is 24.1 Å². The van der Waals surface area contributed by atoms with Crippen molar-refractivity contribution in [1.29, 1.82) is 0 Å². The minimum atomic E-state index is -0.0247. The Hall–Kier alpha value is -2.93. The Bertz CT molecular complexity index is 973. The van der Waals surface area contributed by atoms with Gasteiger partial charge in [0.1, 0.15) is 0 Å². The van der Waals surface area contributed by atoms with Crippen LogP contribution in [0.15, 0.2) is 18.2 Å². The second kappa shape index (κ2) is 8.07. The molecule has 2 aromatic rings. The van der Waals surface area contributed by atoms with Crippen LogP contribution in [0.2, 0.25) is 0 Å². The molecule has 160 valence electrons. The third kappa shape index (κ3) is 3.04. The zero-order valence-corrected chi connectivity index (χ0v) is 18.0. The summed E-state index contributed by atoms with van der Waals surface area (Å²) >= 11 is 0. The zero-order valence-electron chi connectivity index (χ0n) is 18.0.